The van der Waals surface area contributed by atoms with Gasteiger partial charge in [0.1, 0.15) is 17.4 Å². The zero-order chi connectivity index (χ0) is 9.97. The normalized spacial score (nSPS) is 13.3. The van der Waals surface area contributed by atoms with Crippen LogP contribution in [-0.4, -0.2) is 16.8 Å². The Labute approximate surface area is 81.6 Å². The molecule has 2 N–H and O–H groups in total. The Morgan fingerprint density at radius 3 is 2.79 bits per heavy atom. The third kappa shape index (κ3) is 1.64. The molecule has 0 bridgehead atoms. The second-order valence-electron chi connectivity index (χ2n) is 3.21. The van der Waals surface area contributed by atoms with Crippen LogP contribution in [0.15, 0.2) is 34.7 Å². The van der Waals surface area contributed by atoms with Gasteiger partial charge in [-0.15, -0.1) is 0 Å². The van der Waals surface area contributed by atoms with Gasteiger partial charge in [-0.3, -0.25) is 0 Å². The smallest absolute Gasteiger partial charge is 0.134 e. The van der Waals surface area contributed by atoms with Crippen molar-refractivity contribution in [2.75, 3.05) is 6.61 Å². The Morgan fingerprint density at radius 1 is 1.29 bits per heavy atom. The van der Waals surface area contributed by atoms with Crippen LogP contribution >= 0.6 is 0 Å². The third-order valence-corrected chi connectivity index (χ3v) is 2.18. The Bertz CT molecular complexity index is 386. The fourth-order valence-corrected chi connectivity index (χ4v) is 1.43. The first kappa shape index (κ1) is 9.24. The van der Waals surface area contributed by atoms with E-state index in [-0.39, 0.29) is 6.61 Å². The largest absolute Gasteiger partial charge is 0.458 e. The molecule has 1 aromatic heterocycles. The van der Waals surface area contributed by atoms with E-state index in [1.54, 1.807) is 6.07 Å². The Hall–Kier alpha value is -1.32. The van der Waals surface area contributed by atoms with Gasteiger partial charge in [-0.05, 0) is 12.1 Å². The number of para-hydroxylation sites is 1. The Kier molecular flexibility index (Phi) is 2.52. The van der Waals surface area contributed by atoms with Crippen molar-refractivity contribution in [3.05, 3.63) is 36.1 Å². The molecule has 0 saturated heterocycles. The van der Waals surface area contributed by atoms with Crippen LogP contribution < -0.4 is 0 Å². The summed E-state index contributed by atoms with van der Waals surface area (Å²) in [4.78, 5) is 0. The van der Waals surface area contributed by atoms with Crippen molar-refractivity contribution >= 4 is 11.0 Å². The number of benzene rings is 1. The Balaban J connectivity index is 2.35. The molecular weight excluding hydrogens is 180 g/mol. The Morgan fingerprint density at radius 2 is 2.07 bits per heavy atom. The molecule has 14 heavy (non-hydrogen) atoms. The average Bonchev–Trinajstić information content (AvgIpc) is 2.61. The average molecular weight is 192 g/mol. The maximum absolute atomic E-state index is 9.57. The summed E-state index contributed by atoms with van der Waals surface area (Å²) in [5.74, 6) is 0.514. The van der Waals surface area contributed by atoms with E-state index in [9.17, 15) is 5.11 Å². The van der Waals surface area contributed by atoms with Crippen LogP contribution in [0, 0.1) is 0 Å². The highest BCUT2D eigenvalue weighted by atomic mass is 16.4. The fourth-order valence-electron chi connectivity index (χ4n) is 1.43. The minimum atomic E-state index is -0.715. The number of furan rings is 1. The number of rotatable bonds is 3. The molecule has 0 spiro atoms. The lowest BCUT2D eigenvalue weighted by Crippen LogP contribution is -1.97. The van der Waals surface area contributed by atoms with E-state index in [1.807, 2.05) is 24.3 Å². The summed E-state index contributed by atoms with van der Waals surface area (Å²) in [6.07, 6.45) is -0.410. The van der Waals surface area contributed by atoms with Gasteiger partial charge in [0.15, 0.2) is 0 Å². The van der Waals surface area contributed by atoms with Crippen molar-refractivity contribution in [3.8, 4) is 0 Å². The van der Waals surface area contributed by atoms with Crippen molar-refractivity contribution in [2.45, 2.75) is 12.5 Å². The zero-order valence-corrected chi connectivity index (χ0v) is 7.68. The van der Waals surface area contributed by atoms with E-state index in [2.05, 4.69) is 0 Å². The molecule has 0 aliphatic carbocycles. The first-order valence-electron chi connectivity index (χ1n) is 4.58. The maximum Gasteiger partial charge on any atom is 0.134 e. The van der Waals surface area contributed by atoms with E-state index < -0.39 is 6.10 Å². The molecule has 0 radical (unpaired) electrons. The first-order valence-corrected chi connectivity index (χ1v) is 4.58. The van der Waals surface area contributed by atoms with Gasteiger partial charge in [0.2, 0.25) is 0 Å². The minimum absolute atomic E-state index is 0.0434. The summed E-state index contributed by atoms with van der Waals surface area (Å²) in [6, 6.07) is 9.38. The predicted molar refractivity (Wildman–Crippen MR) is 52.9 cm³/mol. The van der Waals surface area contributed by atoms with E-state index in [0.717, 1.165) is 11.0 Å². The molecule has 0 amide bonds. The van der Waals surface area contributed by atoms with Gasteiger partial charge in [0, 0.05) is 18.4 Å². The summed E-state index contributed by atoms with van der Waals surface area (Å²) in [6.45, 7) is -0.0434. The van der Waals surface area contributed by atoms with E-state index in [4.69, 9.17) is 9.52 Å². The number of fused-ring (bicyclic) bond motifs is 1. The second kappa shape index (κ2) is 3.82. The van der Waals surface area contributed by atoms with Gasteiger partial charge >= 0.3 is 0 Å². The fraction of sp³-hybridized carbons (Fsp3) is 0.273. The van der Waals surface area contributed by atoms with E-state index in [0.29, 0.717) is 12.2 Å². The SMILES string of the molecule is OCC[C@H](O)c1cc2ccccc2o1. The van der Waals surface area contributed by atoms with Crippen LogP contribution in [0.1, 0.15) is 18.3 Å². The predicted octanol–water partition coefficient (Wildman–Crippen LogP) is 1.85. The molecular formula is C11H12O3. The van der Waals surface area contributed by atoms with Gasteiger partial charge in [-0.1, -0.05) is 18.2 Å². The molecule has 0 aliphatic heterocycles. The molecule has 1 aromatic carbocycles. The molecule has 3 nitrogen and oxygen atoms in total. The number of aliphatic hydroxyl groups excluding tert-OH is 2. The molecule has 2 rings (SSSR count). The summed E-state index contributed by atoms with van der Waals surface area (Å²) in [5.41, 5.74) is 0.763. The van der Waals surface area contributed by atoms with Crippen LogP contribution in [0.5, 0.6) is 0 Å². The van der Waals surface area contributed by atoms with Crippen LogP contribution in [0.25, 0.3) is 11.0 Å². The van der Waals surface area contributed by atoms with Gasteiger partial charge < -0.3 is 14.6 Å². The van der Waals surface area contributed by atoms with Crippen molar-refractivity contribution in [1.82, 2.24) is 0 Å². The highest BCUT2D eigenvalue weighted by Crippen LogP contribution is 2.24. The second-order valence-corrected chi connectivity index (χ2v) is 3.21. The molecule has 0 aliphatic rings. The molecule has 3 heteroatoms. The topological polar surface area (TPSA) is 53.6 Å². The molecule has 0 saturated carbocycles. The molecule has 2 aromatic rings. The van der Waals surface area contributed by atoms with Crippen LogP contribution in [0.2, 0.25) is 0 Å². The summed E-state index contributed by atoms with van der Waals surface area (Å²) < 4.78 is 5.42. The standard InChI is InChI=1S/C11H12O3/c12-6-5-9(13)11-7-8-3-1-2-4-10(8)14-11/h1-4,7,9,12-13H,5-6H2/t9-/m0/s1. The van der Waals surface area contributed by atoms with E-state index >= 15 is 0 Å². The zero-order valence-electron chi connectivity index (χ0n) is 7.68. The summed E-state index contributed by atoms with van der Waals surface area (Å²) in [5, 5.41) is 19.2. The number of hydrogen-bond donors (Lipinski definition) is 2. The quantitative estimate of drug-likeness (QED) is 0.780. The highest BCUT2D eigenvalue weighted by molar-refractivity contribution is 5.77. The molecule has 0 unspecified atom stereocenters. The van der Waals surface area contributed by atoms with Crippen LogP contribution in [-0.2, 0) is 0 Å². The molecule has 0 fully saturated rings. The minimum Gasteiger partial charge on any atom is -0.458 e. The monoisotopic (exact) mass is 192 g/mol. The first-order chi connectivity index (χ1) is 6.81. The van der Waals surface area contributed by atoms with Gasteiger partial charge in [0.05, 0.1) is 0 Å². The summed E-state index contributed by atoms with van der Waals surface area (Å²) in [7, 11) is 0. The lowest BCUT2D eigenvalue weighted by Gasteiger charge is -2.03. The van der Waals surface area contributed by atoms with E-state index in [1.165, 1.54) is 0 Å². The van der Waals surface area contributed by atoms with Crippen LogP contribution in [0.4, 0.5) is 0 Å². The lowest BCUT2D eigenvalue weighted by atomic mass is 10.2. The lowest BCUT2D eigenvalue weighted by molar-refractivity contribution is 0.115. The van der Waals surface area contributed by atoms with Gasteiger partial charge in [0.25, 0.3) is 0 Å². The maximum atomic E-state index is 9.57. The van der Waals surface area contributed by atoms with Gasteiger partial charge in [-0.2, -0.15) is 0 Å². The third-order valence-electron chi connectivity index (χ3n) is 2.18. The molecule has 74 valence electrons. The van der Waals surface area contributed by atoms with Crippen LogP contribution in [0.3, 0.4) is 0 Å². The number of hydrogen-bond acceptors (Lipinski definition) is 3. The van der Waals surface area contributed by atoms with Crippen molar-refractivity contribution in [2.24, 2.45) is 0 Å². The van der Waals surface area contributed by atoms with Crippen molar-refractivity contribution < 1.29 is 14.6 Å². The summed E-state index contributed by atoms with van der Waals surface area (Å²) >= 11 is 0. The van der Waals surface area contributed by atoms with Gasteiger partial charge in [-0.25, -0.2) is 0 Å². The highest BCUT2D eigenvalue weighted by Gasteiger charge is 2.11. The molecule has 1 heterocycles. The van der Waals surface area contributed by atoms with Crippen molar-refractivity contribution in [3.63, 3.8) is 0 Å². The molecule has 1 atom stereocenters. The van der Waals surface area contributed by atoms with Crippen molar-refractivity contribution in [1.29, 1.82) is 0 Å². The number of aliphatic hydroxyl groups is 2.